The Morgan fingerprint density at radius 1 is 1.39 bits per heavy atom. The zero-order valence-corrected chi connectivity index (χ0v) is 19.2. The number of nitrogens with one attached hydrogen (secondary N) is 1. The molecule has 2 aromatic heterocycles. The minimum Gasteiger partial charge on any atom is -0.394 e. The third-order valence-electron chi connectivity index (χ3n) is 4.85. The summed E-state index contributed by atoms with van der Waals surface area (Å²) in [6.07, 6.45) is -1.02. The lowest BCUT2D eigenvalue weighted by atomic mass is 9.97. The number of benzene rings is 1. The molecule has 0 bridgehead atoms. The number of hydrogen-bond donors (Lipinski definition) is 3. The zero-order valence-electron chi connectivity index (χ0n) is 16.0. The Morgan fingerprint density at radius 2 is 2.19 bits per heavy atom. The van der Waals surface area contributed by atoms with Gasteiger partial charge in [0.25, 0.3) is 0 Å². The van der Waals surface area contributed by atoms with Crippen LogP contribution < -0.4 is 4.87 Å². The van der Waals surface area contributed by atoms with E-state index >= 15 is 0 Å². The number of halogens is 2. The molecule has 0 saturated carbocycles. The van der Waals surface area contributed by atoms with E-state index in [0.717, 1.165) is 16.2 Å². The summed E-state index contributed by atoms with van der Waals surface area (Å²) in [7, 11) is 1.50. The first kappa shape index (κ1) is 22.7. The molecular formula is C18H18Cl2N4O5S2. The summed E-state index contributed by atoms with van der Waals surface area (Å²) in [5, 5.41) is 31.4. The van der Waals surface area contributed by atoms with Gasteiger partial charge in [0.1, 0.15) is 35.5 Å². The van der Waals surface area contributed by atoms with E-state index in [1.807, 2.05) is 0 Å². The maximum atomic E-state index is 11.4. The smallest absolute Gasteiger partial charge is 0.304 e. The van der Waals surface area contributed by atoms with Crippen molar-refractivity contribution in [2.45, 2.75) is 34.7 Å². The van der Waals surface area contributed by atoms with Crippen LogP contribution in [0.1, 0.15) is 6.04 Å². The number of thioether (sulfide) groups is 1. The van der Waals surface area contributed by atoms with Crippen molar-refractivity contribution in [2.24, 2.45) is 0 Å². The zero-order chi connectivity index (χ0) is 22.1. The summed E-state index contributed by atoms with van der Waals surface area (Å²) < 4.78 is 13.1. The molecule has 5 atom stereocenters. The first-order valence-electron chi connectivity index (χ1n) is 9.10. The van der Waals surface area contributed by atoms with Crippen LogP contribution in [0, 0.1) is 0 Å². The molecule has 1 fully saturated rings. The van der Waals surface area contributed by atoms with Gasteiger partial charge in [-0.3, -0.25) is 4.79 Å². The second kappa shape index (κ2) is 9.59. The minimum atomic E-state index is -1.11. The number of thiazole rings is 1. The monoisotopic (exact) mass is 504 g/mol. The van der Waals surface area contributed by atoms with Crippen molar-refractivity contribution in [3.63, 3.8) is 0 Å². The topological polar surface area (TPSA) is 122 Å². The predicted octanol–water partition coefficient (Wildman–Crippen LogP) is 2.43. The van der Waals surface area contributed by atoms with Crippen LogP contribution in [0.2, 0.25) is 10.0 Å². The molecule has 0 aliphatic carbocycles. The number of ether oxygens (including phenoxy) is 2. The second-order valence-electron chi connectivity index (χ2n) is 6.75. The van der Waals surface area contributed by atoms with Gasteiger partial charge in [-0.1, -0.05) is 51.5 Å². The highest BCUT2D eigenvalue weighted by Crippen LogP contribution is 2.40. The molecule has 13 heteroatoms. The SMILES string of the molecule is COC1C(n2cc(-c3csc(=O)[nH]3)nn2)[C@@H](O)C(CO)O[C@@H]1Sc1ccc(Cl)c(Cl)c1. The van der Waals surface area contributed by atoms with Gasteiger partial charge in [-0.25, -0.2) is 4.68 Å². The van der Waals surface area contributed by atoms with Crippen molar-refractivity contribution >= 4 is 46.3 Å². The third kappa shape index (κ3) is 4.69. The Balaban J connectivity index is 1.65. The number of aliphatic hydroxyl groups excluding tert-OH is 2. The largest absolute Gasteiger partial charge is 0.394 e. The lowest BCUT2D eigenvalue weighted by molar-refractivity contribution is -0.186. The van der Waals surface area contributed by atoms with E-state index in [-0.39, 0.29) is 4.87 Å². The number of H-pyrrole nitrogens is 1. The molecule has 3 unspecified atom stereocenters. The van der Waals surface area contributed by atoms with Crippen LogP contribution in [0.25, 0.3) is 11.4 Å². The molecule has 1 aromatic carbocycles. The molecule has 1 aliphatic heterocycles. The summed E-state index contributed by atoms with van der Waals surface area (Å²) in [5.74, 6) is 0. The average Bonchev–Trinajstić information content (AvgIpc) is 3.40. The van der Waals surface area contributed by atoms with Crippen LogP contribution in [0.4, 0.5) is 0 Å². The van der Waals surface area contributed by atoms with Gasteiger partial charge in [-0.05, 0) is 18.2 Å². The highest BCUT2D eigenvalue weighted by atomic mass is 35.5. The van der Waals surface area contributed by atoms with Gasteiger partial charge in [0.2, 0.25) is 0 Å². The normalized spacial score (nSPS) is 26.3. The van der Waals surface area contributed by atoms with E-state index in [2.05, 4.69) is 15.3 Å². The number of aromatic amines is 1. The molecule has 3 heterocycles. The van der Waals surface area contributed by atoms with E-state index in [9.17, 15) is 15.0 Å². The van der Waals surface area contributed by atoms with E-state index in [1.54, 1.807) is 29.8 Å². The first-order chi connectivity index (χ1) is 14.9. The molecule has 1 saturated heterocycles. The first-order valence-corrected chi connectivity index (χ1v) is 11.6. The van der Waals surface area contributed by atoms with Crippen LogP contribution in [0.3, 0.4) is 0 Å². The van der Waals surface area contributed by atoms with Crippen LogP contribution >= 0.6 is 46.3 Å². The van der Waals surface area contributed by atoms with Crippen LogP contribution in [0.5, 0.6) is 0 Å². The number of hydrogen-bond acceptors (Lipinski definition) is 9. The number of methoxy groups -OCH3 is 1. The molecular weight excluding hydrogens is 487 g/mol. The number of aromatic nitrogens is 4. The molecule has 9 nitrogen and oxygen atoms in total. The summed E-state index contributed by atoms with van der Waals surface area (Å²) >= 11 is 14.5. The van der Waals surface area contributed by atoms with Gasteiger partial charge >= 0.3 is 4.87 Å². The molecule has 0 amide bonds. The van der Waals surface area contributed by atoms with Crippen molar-refractivity contribution in [1.29, 1.82) is 0 Å². The number of nitrogens with zero attached hydrogens (tertiary/aromatic N) is 3. The maximum absolute atomic E-state index is 11.4. The minimum absolute atomic E-state index is 0.205. The predicted molar refractivity (Wildman–Crippen MR) is 118 cm³/mol. The maximum Gasteiger partial charge on any atom is 0.304 e. The van der Waals surface area contributed by atoms with Crippen molar-refractivity contribution in [3.8, 4) is 11.4 Å². The van der Waals surface area contributed by atoms with Gasteiger partial charge in [0.15, 0.2) is 0 Å². The third-order valence-corrected chi connectivity index (χ3v) is 7.40. The highest BCUT2D eigenvalue weighted by molar-refractivity contribution is 7.99. The fraction of sp³-hybridized carbons (Fsp3) is 0.389. The Morgan fingerprint density at radius 3 is 2.84 bits per heavy atom. The highest BCUT2D eigenvalue weighted by Gasteiger charge is 2.47. The standard InChI is InChI=1S/C18H18Cl2N4O5S2/c1-28-16-14(24-5-11(22-23-24)12-7-30-18(27)21-12)15(26)13(6-25)29-17(16)31-8-2-3-9(19)10(20)4-8/h2-5,7,13-17,25-26H,6H2,1H3,(H,21,27)/t13?,14?,15-,16?,17+/m0/s1. The average molecular weight is 505 g/mol. The molecule has 0 spiro atoms. The summed E-state index contributed by atoms with van der Waals surface area (Å²) in [4.78, 5) is 14.7. The number of aliphatic hydroxyl groups is 2. The molecule has 3 aromatic rings. The Kier molecular flexibility index (Phi) is 7.04. The summed E-state index contributed by atoms with van der Waals surface area (Å²) in [5.41, 5.74) is 0.375. The Hall–Kier alpha value is -1.44. The van der Waals surface area contributed by atoms with Crippen molar-refractivity contribution < 1.29 is 19.7 Å². The van der Waals surface area contributed by atoms with Crippen LogP contribution in [-0.4, -0.2) is 67.7 Å². The van der Waals surface area contributed by atoms with Crippen molar-refractivity contribution in [3.05, 3.63) is 49.5 Å². The quantitative estimate of drug-likeness (QED) is 0.467. The summed E-state index contributed by atoms with van der Waals surface area (Å²) in [6.45, 7) is -0.397. The van der Waals surface area contributed by atoms with E-state index < -0.39 is 36.4 Å². The molecule has 0 radical (unpaired) electrons. The van der Waals surface area contributed by atoms with Crippen molar-refractivity contribution in [1.82, 2.24) is 20.0 Å². The van der Waals surface area contributed by atoms with E-state index in [1.165, 1.54) is 23.6 Å². The van der Waals surface area contributed by atoms with Gasteiger partial charge < -0.3 is 24.7 Å². The number of rotatable bonds is 6. The van der Waals surface area contributed by atoms with Gasteiger partial charge in [0, 0.05) is 17.4 Å². The van der Waals surface area contributed by atoms with E-state index in [4.69, 9.17) is 32.7 Å². The fourth-order valence-electron chi connectivity index (χ4n) is 3.34. The fourth-order valence-corrected chi connectivity index (χ4v) is 5.49. The molecule has 3 N–H and O–H groups in total. The molecule has 166 valence electrons. The van der Waals surface area contributed by atoms with Crippen molar-refractivity contribution in [2.75, 3.05) is 13.7 Å². The van der Waals surface area contributed by atoms with Gasteiger partial charge in [-0.15, -0.1) is 5.10 Å². The van der Waals surface area contributed by atoms with Gasteiger partial charge in [0.05, 0.1) is 28.5 Å². The van der Waals surface area contributed by atoms with Crippen LogP contribution in [0.15, 0.2) is 39.5 Å². The lowest BCUT2D eigenvalue weighted by Gasteiger charge is -2.43. The summed E-state index contributed by atoms with van der Waals surface area (Å²) in [6, 6.07) is 4.48. The van der Waals surface area contributed by atoms with Crippen LogP contribution in [-0.2, 0) is 9.47 Å². The van der Waals surface area contributed by atoms with E-state index in [0.29, 0.717) is 21.4 Å². The molecule has 31 heavy (non-hydrogen) atoms. The van der Waals surface area contributed by atoms with Gasteiger partial charge in [-0.2, -0.15) is 0 Å². The Bertz CT molecular complexity index is 1110. The second-order valence-corrected chi connectivity index (χ2v) is 9.57. The molecule has 4 rings (SSSR count). The lowest BCUT2D eigenvalue weighted by Crippen LogP contribution is -2.55. The Labute approximate surface area is 194 Å². The molecule has 1 aliphatic rings.